The Kier molecular flexibility index (Phi) is 4.03. The number of amides is 1. The van der Waals surface area contributed by atoms with Crippen molar-refractivity contribution in [3.05, 3.63) is 35.4 Å². The minimum atomic E-state index is 0.289. The van der Waals surface area contributed by atoms with Crippen LogP contribution in [-0.2, 0) is 17.8 Å². The van der Waals surface area contributed by atoms with Crippen molar-refractivity contribution in [3.63, 3.8) is 0 Å². The van der Waals surface area contributed by atoms with Crippen molar-refractivity contribution >= 4 is 5.91 Å². The van der Waals surface area contributed by atoms with Crippen LogP contribution >= 0.6 is 0 Å². The second kappa shape index (κ2) is 5.94. The van der Waals surface area contributed by atoms with E-state index < -0.39 is 0 Å². The number of carbonyl (C=O) groups excluding carboxylic acids is 1. The molecule has 2 aliphatic heterocycles. The molecule has 1 aromatic rings. The van der Waals surface area contributed by atoms with Gasteiger partial charge in [-0.1, -0.05) is 24.3 Å². The quantitative estimate of drug-likeness (QED) is 0.798. The Morgan fingerprint density at radius 2 is 1.75 bits per heavy atom. The molecule has 0 aromatic heterocycles. The van der Waals surface area contributed by atoms with Crippen molar-refractivity contribution in [2.75, 3.05) is 46.3 Å². The van der Waals surface area contributed by atoms with Gasteiger partial charge in [0.1, 0.15) is 0 Å². The fourth-order valence-corrected chi connectivity index (χ4v) is 3.04. The largest absolute Gasteiger partial charge is 0.339 e. The monoisotopic (exact) mass is 273 g/mol. The van der Waals surface area contributed by atoms with Crippen LogP contribution in [0.5, 0.6) is 0 Å². The van der Waals surface area contributed by atoms with E-state index in [2.05, 4.69) is 41.1 Å². The van der Waals surface area contributed by atoms with Crippen LogP contribution in [0.2, 0.25) is 0 Å². The number of rotatable bonds is 2. The summed E-state index contributed by atoms with van der Waals surface area (Å²) in [5.41, 5.74) is 2.82. The molecule has 0 unspecified atom stereocenters. The molecule has 0 radical (unpaired) electrons. The Morgan fingerprint density at radius 3 is 2.50 bits per heavy atom. The van der Waals surface area contributed by atoms with Crippen molar-refractivity contribution in [1.82, 2.24) is 14.7 Å². The fraction of sp³-hybridized carbons (Fsp3) is 0.562. The van der Waals surface area contributed by atoms with Crippen LogP contribution in [0.15, 0.2) is 24.3 Å². The third kappa shape index (κ3) is 3.02. The van der Waals surface area contributed by atoms with Crippen LogP contribution in [0, 0.1) is 0 Å². The third-order valence-corrected chi connectivity index (χ3v) is 4.42. The Bertz CT molecular complexity index is 480. The van der Waals surface area contributed by atoms with Gasteiger partial charge in [0.25, 0.3) is 0 Å². The summed E-state index contributed by atoms with van der Waals surface area (Å²) >= 11 is 0. The van der Waals surface area contributed by atoms with Gasteiger partial charge in [0, 0.05) is 39.3 Å². The number of benzene rings is 1. The van der Waals surface area contributed by atoms with Crippen molar-refractivity contribution in [1.29, 1.82) is 0 Å². The molecule has 1 saturated heterocycles. The van der Waals surface area contributed by atoms with Crippen LogP contribution in [0.1, 0.15) is 11.1 Å². The van der Waals surface area contributed by atoms with E-state index >= 15 is 0 Å². The topological polar surface area (TPSA) is 26.8 Å². The van der Waals surface area contributed by atoms with Gasteiger partial charge >= 0.3 is 0 Å². The number of carbonyl (C=O) groups is 1. The van der Waals surface area contributed by atoms with Gasteiger partial charge in [-0.15, -0.1) is 0 Å². The fourth-order valence-electron chi connectivity index (χ4n) is 3.04. The zero-order valence-corrected chi connectivity index (χ0v) is 12.2. The highest BCUT2D eigenvalue weighted by atomic mass is 16.2. The number of hydrogen-bond acceptors (Lipinski definition) is 3. The summed E-state index contributed by atoms with van der Waals surface area (Å²) in [7, 11) is 2.11. The van der Waals surface area contributed by atoms with Crippen LogP contribution in [0.3, 0.4) is 0 Å². The Labute approximate surface area is 121 Å². The first-order chi connectivity index (χ1) is 9.72. The van der Waals surface area contributed by atoms with Gasteiger partial charge in [-0.2, -0.15) is 0 Å². The zero-order chi connectivity index (χ0) is 13.9. The maximum atomic E-state index is 12.4. The average molecular weight is 273 g/mol. The molecule has 0 saturated carbocycles. The maximum absolute atomic E-state index is 12.4. The molecule has 0 N–H and O–H groups in total. The van der Waals surface area contributed by atoms with E-state index in [1.54, 1.807) is 0 Å². The predicted molar refractivity (Wildman–Crippen MR) is 79.5 cm³/mol. The molecule has 4 nitrogen and oxygen atoms in total. The molecule has 0 spiro atoms. The number of piperazine rings is 1. The summed E-state index contributed by atoms with van der Waals surface area (Å²) in [4.78, 5) is 18.9. The highest BCUT2D eigenvalue weighted by Crippen LogP contribution is 2.18. The van der Waals surface area contributed by atoms with E-state index in [1.165, 1.54) is 11.1 Å². The number of likely N-dealkylation sites (N-methyl/N-ethyl adjacent to an activating group) is 1. The molecule has 108 valence electrons. The van der Waals surface area contributed by atoms with Crippen LogP contribution in [-0.4, -0.2) is 66.9 Å². The van der Waals surface area contributed by atoms with Crippen molar-refractivity contribution in [2.45, 2.75) is 13.0 Å². The van der Waals surface area contributed by atoms with E-state index in [-0.39, 0.29) is 5.91 Å². The Balaban J connectivity index is 1.55. The van der Waals surface area contributed by atoms with Gasteiger partial charge in [-0.3, -0.25) is 9.69 Å². The summed E-state index contributed by atoms with van der Waals surface area (Å²) in [5, 5.41) is 0. The van der Waals surface area contributed by atoms with E-state index in [1.807, 2.05) is 4.90 Å². The average Bonchev–Trinajstić information content (AvgIpc) is 2.48. The molecule has 0 aliphatic carbocycles. The van der Waals surface area contributed by atoms with E-state index in [0.29, 0.717) is 6.54 Å². The second-order valence-electron chi connectivity index (χ2n) is 5.91. The molecule has 20 heavy (non-hydrogen) atoms. The third-order valence-electron chi connectivity index (χ3n) is 4.42. The predicted octanol–water partition coefficient (Wildman–Crippen LogP) is 0.819. The van der Waals surface area contributed by atoms with Crippen LogP contribution < -0.4 is 0 Å². The number of fused-ring (bicyclic) bond motifs is 1. The van der Waals surface area contributed by atoms with Gasteiger partial charge in [-0.05, 0) is 24.6 Å². The summed E-state index contributed by atoms with van der Waals surface area (Å²) in [6.45, 7) is 6.22. The smallest absolute Gasteiger partial charge is 0.236 e. The summed E-state index contributed by atoms with van der Waals surface area (Å²) in [6.07, 6.45) is 1.06. The Hall–Kier alpha value is -1.39. The van der Waals surface area contributed by atoms with Crippen molar-refractivity contribution in [3.8, 4) is 0 Å². The van der Waals surface area contributed by atoms with Gasteiger partial charge < -0.3 is 9.80 Å². The molecular weight excluding hydrogens is 250 g/mol. The standard InChI is InChI=1S/C16H23N3O/c1-17-8-10-19(11-9-17)16(20)13-18-7-6-14-4-2-3-5-15(14)12-18/h2-5H,6-13H2,1H3. The van der Waals surface area contributed by atoms with Gasteiger partial charge in [0.2, 0.25) is 5.91 Å². The van der Waals surface area contributed by atoms with Crippen LogP contribution in [0.4, 0.5) is 0 Å². The molecule has 3 rings (SSSR count). The number of nitrogens with zero attached hydrogens (tertiary/aromatic N) is 3. The first-order valence-electron chi connectivity index (χ1n) is 7.48. The van der Waals surface area contributed by atoms with Crippen LogP contribution in [0.25, 0.3) is 0 Å². The SMILES string of the molecule is CN1CCN(C(=O)CN2CCc3ccccc3C2)CC1. The normalized spacial score (nSPS) is 20.8. The van der Waals surface area contributed by atoms with E-state index in [4.69, 9.17) is 0 Å². The highest BCUT2D eigenvalue weighted by molar-refractivity contribution is 5.78. The first kappa shape index (κ1) is 13.6. The summed E-state index contributed by atoms with van der Waals surface area (Å²) < 4.78 is 0. The van der Waals surface area contributed by atoms with Gasteiger partial charge in [-0.25, -0.2) is 0 Å². The van der Waals surface area contributed by atoms with Gasteiger partial charge in [0.05, 0.1) is 6.54 Å². The second-order valence-corrected chi connectivity index (χ2v) is 5.91. The lowest BCUT2D eigenvalue weighted by molar-refractivity contribution is -0.134. The lowest BCUT2D eigenvalue weighted by Gasteiger charge is -2.35. The first-order valence-corrected chi connectivity index (χ1v) is 7.48. The van der Waals surface area contributed by atoms with Gasteiger partial charge in [0.15, 0.2) is 0 Å². The molecular formula is C16H23N3O. The van der Waals surface area contributed by atoms with E-state index in [0.717, 1.165) is 45.7 Å². The van der Waals surface area contributed by atoms with Crippen molar-refractivity contribution < 1.29 is 4.79 Å². The molecule has 1 fully saturated rings. The highest BCUT2D eigenvalue weighted by Gasteiger charge is 2.23. The summed E-state index contributed by atoms with van der Waals surface area (Å²) in [5.74, 6) is 0.289. The summed E-state index contributed by atoms with van der Waals surface area (Å²) in [6, 6.07) is 8.57. The minimum Gasteiger partial charge on any atom is -0.339 e. The molecule has 4 heteroatoms. The number of hydrogen-bond donors (Lipinski definition) is 0. The molecule has 1 amide bonds. The molecule has 1 aromatic carbocycles. The molecule has 0 atom stereocenters. The zero-order valence-electron chi connectivity index (χ0n) is 12.2. The molecule has 0 bridgehead atoms. The molecule has 2 heterocycles. The molecule has 2 aliphatic rings. The minimum absolute atomic E-state index is 0.289. The maximum Gasteiger partial charge on any atom is 0.236 e. The lowest BCUT2D eigenvalue weighted by atomic mass is 10.00. The lowest BCUT2D eigenvalue weighted by Crippen LogP contribution is -2.50. The van der Waals surface area contributed by atoms with E-state index in [9.17, 15) is 4.79 Å². The Morgan fingerprint density at radius 1 is 1.05 bits per heavy atom. The van der Waals surface area contributed by atoms with Crippen molar-refractivity contribution in [2.24, 2.45) is 0 Å².